The number of anilines is 3. The average molecular weight is 481 g/mol. The van der Waals surface area contributed by atoms with E-state index in [1.54, 1.807) is 36.5 Å². The molecular formula is C23H18F3N7O2. The third-order valence-corrected chi connectivity index (χ3v) is 4.72. The van der Waals surface area contributed by atoms with Crippen molar-refractivity contribution in [1.29, 1.82) is 0 Å². The summed E-state index contributed by atoms with van der Waals surface area (Å²) in [5.41, 5.74) is 2.20. The first-order chi connectivity index (χ1) is 16.7. The van der Waals surface area contributed by atoms with Gasteiger partial charge in [-0.1, -0.05) is 12.1 Å². The van der Waals surface area contributed by atoms with Crippen LogP contribution in [0.4, 0.5) is 35.3 Å². The molecule has 35 heavy (non-hydrogen) atoms. The molecule has 178 valence electrons. The number of rotatable bonds is 5. The maximum atomic E-state index is 12.7. The number of hydrogen-bond acceptors (Lipinski definition) is 5. The molecule has 0 fully saturated rings. The zero-order valence-electron chi connectivity index (χ0n) is 18.1. The highest BCUT2D eigenvalue weighted by molar-refractivity contribution is 6.00. The molecular weight excluding hydrogens is 463 g/mol. The zero-order valence-corrected chi connectivity index (χ0v) is 18.1. The van der Waals surface area contributed by atoms with Crippen molar-refractivity contribution in [2.24, 2.45) is 0 Å². The number of urea groups is 1. The first kappa shape index (κ1) is 23.4. The largest absolute Gasteiger partial charge is 0.416 e. The van der Waals surface area contributed by atoms with Gasteiger partial charge in [0.05, 0.1) is 11.3 Å². The van der Waals surface area contributed by atoms with Gasteiger partial charge >= 0.3 is 12.2 Å². The smallest absolute Gasteiger partial charge is 0.308 e. The number of aromatic amines is 1. The number of hydrogen-bond donors (Lipinski definition) is 4. The number of alkyl halides is 3. The number of nitrogens with zero attached hydrogens (tertiary/aromatic N) is 3. The second-order valence-electron chi connectivity index (χ2n) is 7.33. The number of benzene rings is 2. The molecule has 2 aromatic carbocycles. The van der Waals surface area contributed by atoms with Gasteiger partial charge in [-0.05, 0) is 42.5 Å². The molecule has 0 spiro atoms. The van der Waals surface area contributed by atoms with Crippen LogP contribution in [0, 0.1) is 0 Å². The minimum atomic E-state index is -4.45. The molecule has 0 aliphatic heterocycles. The summed E-state index contributed by atoms with van der Waals surface area (Å²) in [6, 6.07) is 12.0. The van der Waals surface area contributed by atoms with Crippen LogP contribution in [0.5, 0.6) is 0 Å². The Morgan fingerprint density at radius 3 is 2.40 bits per heavy atom. The fraction of sp³-hybridized carbons (Fsp3) is 0.0870. The number of carbonyl (C=O) groups excluding carboxylic acids is 2. The number of halogens is 3. The maximum absolute atomic E-state index is 12.7. The van der Waals surface area contributed by atoms with E-state index in [2.05, 4.69) is 36.1 Å². The van der Waals surface area contributed by atoms with Crippen LogP contribution in [0.1, 0.15) is 12.5 Å². The van der Waals surface area contributed by atoms with Crippen LogP contribution >= 0.6 is 0 Å². The Kier molecular flexibility index (Phi) is 6.44. The Balaban J connectivity index is 1.50. The van der Waals surface area contributed by atoms with Gasteiger partial charge in [0.15, 0.2) is 0 Å². The van der Waals surface area contributed by atoms with Crippen LogP contribution in [-0.4, -0.2) is 32.1 Å². The summed E-state index contributed by atoms with van der Waals surface area (Å²) in [5, 5.41) is 14.7. The molecule has 4 aromatic rings. The van der Waals surface area contributed by atoms with Gasteiger partial charge in [0.25, 0.3) is 0 Å². The number of carbonyl (C=O) groups is 2. The van der Waals surface area contributed by atoms with Gasteiger partial charge in [0, 0.05) is 41.8 Å². The quantitative estimate of drug-likeness (QED) is 0.314. The number of H-pyrrole nitrogens is 1. The zero-order chi connectivity index (χ0) is 25.0. The maximum Gasteiger partial charge on any atom is 0.416 e. The molecule has 2 heterocycles. The van der Waals surface area contributed by atoms with Gasteiger partial charge in [-0.2, -0.15) is 18.3 Å². The molecule has 0 radical (unpaired) electrons. The molecule has 2 aromatic heterocycles. The van der Waals surface area contributed by atoms with Crippen molar-refractivity contribution in [1.82, 2.24) is 20.2 Å². The number of aromatic nitrogens is 4. The van der Waals surface area contributed by atoms with Crippen LogP contribution < -0.4 is 16.0 Å². The molecule has 0 atom stereocenters. The van der Waals surface area contributed by atoms with Crippen molar-refractivity contribution in [3.05, 3.63) is 72.6 Å². The summed E-state index contributed by atoms with van der Waals surface area (Å²) in [6.45, 7) is 1.35. The van der Waals surface area contributed by atoms with Gasteiger partial charge in [-0.15, -0.1) is 0 Å². The predicted octanol–water partition coefficient (Wildman–Crippen LogP) is 5.15. The molecule has 0 saturated heterocycles. The lowest BCUT2D eigenvalue weighted by Crippen LogP contribution is -2.19. The van der Waals surface area contributed by atoms with Crippen LogP contribution in [-0.2, 0) is 11.0 Å². The highest BCUT2D eigenvalue weighted by Crippen LogP contribution is 2.31. The Morgan fingerprint density at radius 2 is 1.69 bits per heavy atom. The van der Waals surface area contributed by atoms with E-state index in [1.165, 1.54) is 25.3 Å². The molecule has 3 amide bonds. The SMILES string of the molecule is CC(=O)Nc1nccc(-c2c[nH]nc2-c2cccc(NC(=O)Nc3ccc(C(F)(F)F)cc3)c2)n1. The molecule has 9 nitrogen and oxygen atoms in total. The molecule has 12 heteroatoms. The third-order valence-electron chi connectivity index (χ3n) is 4.72. The monoisotopic (exact) mass is 481 g/mol. The van der Waals surface area contributed by atoms with E-state index in [4.69, 9.17) is 0 Å². The third kappa shape index (κ3) is 5.79. The molecule has 0 aliphatic carbocycles. The van der Waals surface area contributed by atoms with Gasteiger partial charge in [-0.3, -0.25) is 15.2 Å². The van der Waals surface area contributed by atoms with E-state index in [0.717, 1.165) is 12.1 Å². The van der Waals surface area contributed by atoms with Gasteiger partial charge in [0.1, 0.15) is 5.69 Å². The summed E-state index contributed by atoms with van der Waals surface area (Å²) in [6.07, 6.45) is -1.30. The Hall–Kier alpha value is -4.74. The molecule has 0 bridgehead atoms. The fourth-order valence-corrected chi connectivity index (χ4v) is 3.21. The fourth-order valence-electron chi connectivity index (χ4n) is 3.21. The number of nitrogens with one attached hydrogen (secondary N) is 4. The Labute approximate surface area is 196 Å². The lowest BCUT2D eigenvalue weighted by molar-refractivity contribution is -0.137. The van der Waals surface area contributed by atoms with Crippen LogP contribution in [0.25, 0.3) is 22.5 Å². The second kappa shape index (κ2) is 9.63. The second-order valence-corrected chi connectivity index (χ2v) is 7.33. The summed E-state index contributed by atoms with van der Waals surface area (Å²) >= 11 is 0. The normalized spacial score (nSPS) is 11.1. The van der Waals surface area contributed by atoms with Crippen molar-refractivity contribution >= 4 is 29.3 Å². The van der Waals surface area contributed by atoms with E-state index in [-0.39, 0.29) is 17.5 Å². The lowest BCUT2D eigenvalue weighted by Gasteiger charge is -2.11. The minimum Gasteiger partial charge on any atom is -0.308 e. The predicted molar refractivity (Wildman–Crippen MR) is 123 cm³/mol. The van der Waals surface area contributed by atoms with Gasteiger partial charge in [0.2, 0.25) is 11.9 Å². The van der Waals surface area contributed by atoms with Crippen molar-refractivity contribution < 1.29 is 22.8 Å². The molecule has 4 rings (SSSR count). The molecule has 0 aliphatic rings. The average Bonchev–Trinajstić information content (AvgIpc) is 3.29. The highest BCUT2D eigenvalue weighted by Gasteiger charge is 2.30. The van der Waals surface area contributed by atoms with E-state index < -0.39 is 17.8 Å². The summed E-state index contributed by atoms with van der Waals surface area (Å²) < 4.78 is 38.1. The van der Waals surface area contributed by atoms with Gasteiger partial charge in [-0.25, -0.2) is 14.8 Å². The standard InChI is InChI=1S/C23H18F3N7O2/c1-13(34)29-21-27-10-9-19(32-21)18-12-28-33-20(18)14-3-2-4-17(11-14)31-22(35)30-16-7-5-15(6-8-16)23(24,25)26/h2-12H,1H3,(H,28,33)(H2,30,31,35)(H,27,29,32,34). The molecule has 0 saturated carbocycles. The van der Waals surface area contributed by atoms with Gasteiger partial charge < -0.3 is 10.6 Å². The first-order valence-electron chi connectivity index (χ1n) is 10.2. The van der Waals surface area contributed by atoms with Crippen LogP contribution in [0.3, 0.4) is 0 Å². The van der Waals surface area contributed by atoms with E-state index in [1.807, 2.05) is 0 Å². The minimum absolute atomic E-state index is 0.150. The summed E-state index contributed by atoms with van der Waals surface area (Å²) in [5.74, 6) is -0.152. The van der Waals surface area contributed by atoms with E-state index in [0.29, 0.717) is 28.2 Å². The first-order valence-corrected chi connectivity index (χ1v) is 10.2. The van der Waals surface area contributed by atoms with E-state index >= 15 is 0 Å². The highest BCUT2D eigenvalue weighted by atomic mass is 19.4. The van der Waals surface area contributed by atoms with Crippen molar-refractivity contribution in [3.63, 3.8) is 0 Å². The lowest BCUT2D eigenvalue weighted by atomic mass is 10.1. The molecule has 4 N–H and O–H groups in total. The van der Waals surface area contributed by atoms with Crippen molar-refractivity contribution in [2.45, 2.75) is 13.1 Å². The topological polar surface area (TPSA) is 125 Å². The van der Waals surface area contributed by atoms with Crippen LogP contribution in [0.15, 0.2) is 67.0 Å². The van der Waals surface area contributed by atoms with E-state index in [9.17, 15) is 22.8 Å². The number of amides is 3. The summed E-state index contributed by atoms with van der Waals surface area (Å²) in [7, 11) is 0. The summed E-state index contributed by atoms with van der Waals surface area (Å²) in [4.78, 5) is 32.0. The van der Waals surface area contributed by atoms with Crippen LogP contribution in [0.2, 0.25) is 0 Å². The Morgan fingerprint density at radius 1 is 0.943 bits per heavy atom. The molecule has 0 unspecified atom stereocenters. The van der Waals surface area contributed by atoms with Crippen molar-refractivity contribution in [2.75, 3.05) is 16.0 Å². The Bertz CT molecular complexity index is 1370. The van der Waals surface area contributed by atoms with Crippen molar-refractivity contribution in [3.8, 4) is 22.5 Å².